The number of amides is 1. The largest absolute Gasteiger partial charge is 0.477 e. The Labute approximate surface area is 128 Å². The summed E-state index contributed by atoms with van der Waals surface area (Å²) >= 11 is 4.94. The van der Waals surface area contributed by atoms with Gasteiger partial charge in [-0.05, 0) is 34.1 Å². The summed E-state index contributed by atoms with van der Waals surface area (Å²) in [6.07, 6.45) is 1.59. The van der Waals surface area contributed by atoms with Crippen LogP contribution in [0, 0.1) is 0 Å². The van der Waals surface area contributed by atoms with E-state index in [1.807, 2.05) is 11.4 Å². The molecule has 0 saturated heterocycles. The van der Waals surface area contributed by atoms with Crippen LogP contribution in [0.3, 0.4) is 0 Å². The predicted octanol–water partition coefficient (Wildman–Crippen LogP) is 2.67. The molecule has 0 aromatic carbocycles. The highest BCUT2D eigenvalue weighted by Crippen LogP contribution is 2.20. The van der Waals surface area contributed by atoms with Crippen LogP contribution in [0.25, 0.3) is 0 Å². The van der Waals surface area contributed by atoms with E-state index in [4.69, 9.17) is 5.11 Å². The Bertz CT molecular complexity index is 635. The molecule has 0 aliphatic carbocycles. The number of nitrogens with zero attached hydrogens (tertiary/aromatic N) is 2. The highest BCUT2D eigenvalue weighted by molar-refractivity contribution is 9.10. The van der Waals surface area contributed by atoms with E-state index in [1.165, 1.54) is 10.6 Å². The number of aromatic nitrogens is 1. The molecule has 0 spiro atoms. The third-order valence-electron chi connectivity index (χ3n) is 2.79. The van der Waals surface area contributed by atoms with Gasteiger partial charge < -0.3 is 14.6 Å². The van der Waals surface area contributed by atoms with Crippen LogP contribution in [0.15, 0.2) is 34.2 Å². The van der Waals surface area contributed by atoms with Crippen molar-refractivity contribution in [1.82, 2.24) is 9.47 Å². The lowest BCUT2D eigenvalue weighted by Crippen LogP contribution is -2.30. The van der Waals surface area contributed by atoms with Gasteiger partial charge in [-0.25, -0.2) is 4.79 Å². The van der Waals surface area contributed by atoms with Gasteiger partial charge >= 0.3 is 5.97 Å². The number of carbonyl (C=O) groups is 2. The molecule has 1 amide bonds. The van der Waals surface area contributed by atoms with Gasteiger partial charge in [0.25, 0.3) is 0 Å². The van der Waals surface area contributed by atoms with Gasteiger partial charge in [0.1, 0.15) is 12.2 Å². The molecule has 2 aromatic heterocycles. The molecule has 0 aliphatic heterocycles. The van der Waals surface area contributed by atoms with Crippen molar-refractivity contribution in [2.45, 2.75) is 13.1 Å². The molecule has 0 fully saturated rings. The second kappa shape index (κ2) is 6.23. The van der Waals surface area contributed by atoms with E-state index in [1.54, 1.807) is 35.5 Å². The van der Waals surface area contributed by atoms with Crippen LogP contribution in [0.4, 0.5) is 0 Å². The number of thiophene rings is 1. The Hall–Kier alpha value is -1.60. The first-order valence-corrected chi connectivity index (χ1v) is 7.50. The molecule has 2 rings (SSSR count). The van der Waals surface area contributed by atoms with Crippen molar-refractivity contribution in [3.8, 4) is 0 Å². The topological polar surface area (TPSA) is 62.5 Å². The average molecular weight is 357 g/mol. The van der Waals surface area contributed by atoms with Crippen molar-refractivity contribution in [2.24, 2.45) is 0 Å². The van der Waals surface area contributed by atoms with E-state index in [0.717, 1.165) is 9.35 Å². The number of halogens is 1. The average Bonchev–Trinajstić information content (AvgIpc) is 2.98. The number of rotatable bonds is 5. The summed E-state index contributed by atoms with van der Waals surface area (Å²) in [5.74, 6) is -1.17. The Morgan fingerprint density at radius 3 is 2.85 bits per heavy atom. The van der Waals surface area contributed by atoms with Crippen LogP contribution in [0.1, 0.15) is 15.4 Å². The Morgan fingerprint density at radius 1 is 1.50 bits per heavy atom. The maximum absolute atomic E-state index is 12.1. The third kappa shape index (κ3) is 3.49. The SMILES string of the molecule is CN(Cc1cc(Br)cs1)C(=O)Cn1cccc1C(=O)O. The molecular weight excluding hydrogens is 344 g/mol. The summed E-state index contributed by atoms with van der Waals surface area (Å²) in [7, 11) is 1.71. The van der Waals surface area contributed by atoms with Crippen LogP contribution in [-0.2, 0) is 17.9 Å². The number of carboxylic acids is 1. The van der Waals surface area contributed by atoms with E-state index >= 15 is 0 Å². The van der Waals surface area contributed by atoms with Crippen LogP contribution in [0.2, 0.25) is 0 Å². The lowest BCUT2D eigenvalue weighted by molar-refractivity contribution is -0.131. The van der Waals surface area contributed by atoms with Gasteiger partial charge in [-0.2, -0.15) is 0 Å². The van der Waals surface area contributed by atoms with Gasteiger partial charge in [-0.15, -0.1) is 11.3 Å². The molecule has 2 heterocycles. The zero-order valence-electron chi connectivity index (χ0n) is 10.7. The van der Waals surface area contributed by atoms with Gasteiger partial charge in [0.15, 0.2) is 0 Å². The minimum Gasteiger partial charge on any atom is -0.477 e. The predicted molar refractivity (Wildman–Crippen MR) is 79.9 cm³/mol. The molecule has 0 saturated carbocycles. The van der Waals surface area contributed by atoms with Crippen LogP contribution < -0.4 is 0 Å². The first kappa shape index (κ1) is 14.8. The molecule has 106 valence electrons. The lowest BCUT2D eigenvalue weighted by atomic mass is 10.4. The Morgan fingerprint density at radius 2 is 2.25 bits per heavy atom. The molecule has 1 N–H and O–H groups in total. The second-order valence-electron chi connectivity index (χ2n) is 4.31. The number of carbonyl (C=O) groups excluding carboxylic acids is 1. The first-order chi connectivity index (χ1) is 9.47. The summed E-state index contributed by atoms with van der Waals surface area (Å²) in [5, 5.41) is 11.0. The Kier molecular flexibility index (Phi) is 4.61. The number of likely N-dealkylation sites (N-methyl/N-ethyl adjacent to an activating group) is 1. The number of carboxylic acid groups (broad SMARTS) is 1. The number of hydrogen-bond donors (Lipinski definition) is 1. The fourth-order valence-electron chi connectivity index (χ4n) is 1.77. The monoisotopic (exact) mass is 356 g/mol. The third-order valence-corrected chi connectivity index (χ3v) is 4.48. The minimum absolute atomic E-state index is 0.0255. The van der Waals surface area contributed by atoms with Crippen molar-refractivity contribution in [2.75, 3.05) is 7.05 Å². The molecule has 0 radical (unpaired) electrons. The first-order valence-electron chi connectivity index (χ1n) is 5.82. The highest BCUT2D eigenvalue weighted by atomic mass is 79.9. The summed E-state index contributed by atoms with van der Waals surface area (Å²) in [4.78, 5) is 25.7. The minimum atomic E-state index is -1.03. The van der Waals surface area contributed by atoms with E-state index in [2.05, 4.69) is 15.9 Å². The van der Waals surface area contributed by atoms with Crippen LogP contribution in [-0.4, -0.2) is 33.5 Å². The fraction of sp³-hybridized carbons (Fsp3) is 0.231. The normalized spacial score (nSPS) is 10.5. The van der Waals surface area contributed by atoms with Crippen molar-refractivity contribution in [3.63, 3.8) is 0 Å². The zero-order valence-corrected chi connectivity index (χ0v) is 13.1. The summed E-state index contributed by atoms with van der Waals surface area (Å²) < 4.78 is 2.43. The number of hydrogen-bond acceptors (Lipinski definition) is 3. The molecule has 7 heteroatoms. The molecule has 0 aliphatic rings. The van der Waals surface area contributed by atoms with Gasteiger partial charge in [0, 0.05) is 28.0 Å². The lowest BCUT2D eigenvalue weighted by Gasteiger charge is -2.17. The van der Waals surface area contributed by atoms with E-state index in [-0.39, 0.29) is 18.1 Å². The molecule has 0 unspecified atom stereocenters. The standard InChI is InChI=1S/C13H13BrN2O3S/c1-15(6-10-5-9(14)8-20-10)12(17)7-16-4-2-3-11(16)13(18)19/h2-5,8H,6-7H2,1H3,(H,18,19). The summed E-state index contributed by atoms with van der Waals surface area (Å²) in [5.41, 5.74) is 0.116. The molecule has 5 nitrogen and oxygen atoms in total. The van der Waals surface area contributed by atoms with Gasteiger partial charge in [0.05, 0.1) is 6.54 Å². The van der Waals surface area contributed by atoms with Crippen molar-refractivity contribution in [1.29, 1.82) is 0 Å². The quantitative estimate of drug-likeness (QED) is 0.895. The molecular formula is C13H13BrN2O3S. The van der Waals surface area contributed by atoms with Crippen molar-refractivity contribution in [3.05, 3.63) is 44.8 Å². The molecule has 0 bridgehead atoms. The summed E-state index contributed by atoms with van der Waals surface area (Å²) in [6.45, 7) is 0.538. The molecule has 2 aromatic rings. The Balaban J connectivity index is 2.00. The van der Waals surface area contributed by atoms with Crippen molar-refractivity contribution >= 4 is 39.1 Å². The maximum atomic E-state index is 12.1. The fourth-order valence-corrected chi connectivity index (χ4v) is 3.27. The number of aromatic carboxylic acids is 1. The van der Waals surface area contributed by atoms with E-state index in [0.29, 0.717) is 6.54 Å². The zero-order chi connectivity index (χ0) is 14.7. The highest BCUT2D eigenvalue weighted by Gasteiger charge is 2.15. The van der Waals surface area contributed by atoms with Crippen molar-refractivity contribution < 1.29 is 14.7 Å². The second-order valence-corrected chi connectivity index (χ2v) is 6.22. The van der Waals surface area contributed by atoms with Crippen LogP contribution >= 0.6 is 27.3 Å². The van der Waals surface area contributed by atoms with Gasteiger partial charge in [-0.3, -0.25) is 4.79 Å². The van der Waals surface area contributed by atoms with E-state index in [9.17, 15) is 9.59 Å². The van der Waals surface area contributed by atoms with Gasteiger partial charge in [-0.1, -0.05) is 0 Å². The molecule has 0 atom stereocenters. The summed E-state index contributed by atoms with van der Waals surface area (Å²) in [6, 6.07) is 5.06. The maximum Gasteiger partial charge on any atom is 0.352 e. The van der Waals surface area contributed by atoms with Crippen LogP contribution in [0.5, 0.6) is 0 Å². The molecule has 20 heavy (non-hydrogen) atoms. The van der Waals surface area contributed by atoms with E-state index < -0.39 is 5.97 Å². The smallest absolute Gasteiger partial charge is 0.352 e. The van der Waals surface area contributed by atoms with Gasteiger partial charge in [0.2, 0.25) is 5.91 Å².